The Morgan fingerprint density at radius 1 is 1.09 bits per heavy atom. The van der Waals surface area contributed by atoms with Crippen LogP contribution in [0.3, 0.4) is 0 Å². The van der Waals surface area contributed by atoms with Gasteiger partial charge in [-0.15, -0.1) is 4.40 Å². The summed E-state index contributed by atoms with van der Waals surface area (Å²) in [5.41, 5.74) is 1.16. The summed E-state index contributed by atoms with van der Waals surface area (Å²) in [4.78, 5) is 12.0. The van der Waals surface area contributed by atoms with Crippen molar-refractivity contribution in [1.29, 1.82) is 0 Å². The number of sulfonamides is 1. The summed E-state index contributed by atoms with van der Waals surface area (Å²) in [6, 6.07) is 15.6. The molecule has 0 aliphatic carbocycles. The molecule has 0 saturated heterocycles. The number of fused-ring (bicyclic) bond motifs is 1. The van der Waals surface area contributed by atoms with Crippen molar-refractivity contribution in [3.63, 3.8) is 0 Å². The number of nitrogens with one attached hydrogen (secondary N) is 2. The van der Waals surface area contributed by atoms with Crippen LogP contribution in [-0.4, -0.2) is 25.2 Å². The molecular weight excluding hydrogens is 334 g/mol. The van der Waals surface area contributed by atoms with Gasteiger partial charge in [0.2, 0.25) is 5.91 Å². The molecule has 3 rings (SSSR count). The van der Waals surface area contributed by atoms with Gasteiger partial charge < -0.3 is 10.6 Å². The van der Waals surface area contributed by atoms with Crippen molar-refractivity contribution in [2.45, 2.75) is 4.90 Å². The minimum Gasteiger partial charge on any atom is -0.333 e. The van der Waals surface area contributed by atoms with E-state index < -0.39 is 10.0 Å². The summed E-state index contributed by atoms with van der Waals surface area (Å²) >= 11 is 1.04. The Hall–Kier alpha value is -2.32. The first-order chi connectivity index (χ1) is 11.0. The summed E-state index contributed by atoms with van der Waals surface area (Å²) < 4.78 is 27.9. The molecule has 1 amide bonds. The van der Waals surface area contributed by atoms with Crippen LogP contribution in [0.15, 0.2) is 63.9 Å². The van der Waals surface area contributed by atoms with Gasteiger partial charge in [-0.05, 0) is 24.3 Å². The third-order valence-electron chi connectivity index (χ3n) is 3.01. The van der Waals surface area contributed by atoms with Crippen LogP contribution in [0.2, 0.25) is 0 Å². The second-order valence-corrected chi connectivity index (χ2v) is 7.23. The molecule has 0 fully saturated rings. The first-order valence-electron chi connectivity index (χ1n) is 6.73. The highest BCUT2D eigenvalue weighted by Gasteiger charge is 2.24. The van der Waals surface area contributed by atoms with Crippen LogP contribution >= 0.6 is 11.8 Å². The predicted molar refractivity (Wildman–Crippen MR) is 92.2 cm³/mol. The highest BCUT2D eigenvalue weighted by Crippen LogP contribution is 2.28. The maximum Gasteiger partial charge on any atom is 0.286 e. The normalized spacial score (nSPS) is 15.0. The molecule has 2 N–H and O–H groups in total. The molecule has 2 aromatic carbocycles. The zero-order valence-corrected chi connectivity index (χ0v) is 13.5. The van der Waals surface area contributed by atoms with Crippen LogP contribution in [0.1, 0.15) is 0 Å². The molecule has 0 saturated carbocycles. The fourth-order valence-electron chi connectivity index (χ4n) is 2.01. The van der Waals surface area contributed by atoms with E-state index in [1.165, 1.54) is 6.07 Å². The quantitative estimate of drug-likeness (QED) is 0.891. The largest absolute Gasteiger partial charge is 0.333 e. The summed E-state index contributed by atoms with van der Waals surface area (Å²) in [6.45, 7) is 0. The first kappa shape index (κ1) is 15.6. The van der Waals surface area contributed by atoms with E-state index >= 15 is 0 Å². The molecule has 2 aromatic rings. The van der Waals surface area contributed by atoms with E-state index in [2.05, 4.69) is 15.0 Å². The maximum atomic E-state index is 12.1. The summed E-state index contributed by atoms with van der Waals surface area (Å²) in [5, 5.41) is 5.84. The van der Waals surface area contributed by atoms with Crippen LogP contribution in [0.25, 0.3) is 0 Å². The Morgan fingerprint density at radius 2 is 1.78 bits per heavy atom. The zero-order chi connectivity index (χ0) is 16.3. The molecule has 0 bridgehead atoms. The van der Waals surface area contributed by atoms with Crippen LogP contribution in [-0.2, 0) is 14.8 Å². The fraction of sp³-hybridized carbons (Fsp3) is 0.0667. The second kappa shape index (κ2) is 6.43. The van der Waals surface area contributed by atoms with Crippen molar-refractivity contribution in [1.82, 2.24) is 0 Å². The SMILES string of the molecule is O=C(CSC1=NS(=O)(=O)c2ccccc2N1)Nc1ccccc1. The van der Waals surface area contributed by atoms with E-state index in [1.807, 2.05) is 18.2 Å². The van der Waals surface area contributed by atoms with Crippen molar-refractivity contribution >= 4 is 44.2 Å². The van der Waals surface area contributed by atoms with Crippen molar-refractivity contribution < 1.29 is 13.2 Å². The fourth-order valence-corrected chi connectivity index (χ4v) is 4.04. The number of carbonyl (C=O) groups is 1. The Kier molecular flexibility index (Phi) is 4.35. The van der Waals surface area contributed by atoms with Crippen LogP contribution < -0.4 is 10.6 Å². The van der Waals surface area contributed by atoms with Gasteiger partial charge >= 0.3 is 0 Å². The van der Waals surface area contributed by atoms with Gasteiger partial charge in [-0.2, -0.15) is 8.42 Å². The number of hydrogen-bond acceptors (Lipinski definition) is 5. The average molecular weight is 347 g/mol. The summed E-state index contributed by atoms with van der Waals surface area (Å²) in [7, 11) is -3.73. The van der Waals surface area contributed by atoms with E-state index in [-0.39, 0.29) is 21.7 Å². The number of benzene rings is 2. The molecule has 1 aliphatic rings. The number of nitrogens with zero attached hydrogens (tertiary/aromatic N) is 1. The van der Waals surface area contributed by atoms with Crippen molar-refractivity contribution in [2.24, 2.45) is 4.40 Å². The number of thioether (sulfide) groups is 1. The van der Waals surface area contributed by atoms with E-state index in [4.69, 9.17) is 0 Å². The van der Waals surface area contributed by atoms with Crippen molar-refractivity contribution in [3.05, 3.63) is 54.6 Å². The van der Waals surface area contributed by atoms with Gasteiger partial charge in [-0.1, -0.05) is 42.1 Å². The standard InChI is InChI=1S/C15H13N3O3S2/c19-14(16-11-6-2-1-3-7-11)10-22-15-17-12-8-4-5-9-13(12)23(20,21)18-15/h1-9H,10H2,(H,16,19)(H,17,18). The number of amidine groups is 1. The Balaban J connectivity index is 1.66. The molecular formula is C15H13N3O3S2. The molecule has 0 unspecified atom stereocenters. The number of rotatable bonds is 3. The maximum absolute atomic E-state index is 12.1. The molecule has 23 heavy (non-hydrogen) atoms. The topological polar surface area (TPSA) is 87.6 Å². The molecule has 6 nitrogen and oxygen atoms in total. The lowest BCUT2D eigenvalue weighted by atomic mass is 10.3. The predicted octanol–water partition coefficient (Wildman–Crippen LogP) is 2.53. The Labute approximate surface area is 138 Å². The van der Waals surface area contributed by atoms with E-state index in [1.54, 1.807) is 30.3 Å². The number of para-hydroxylation sites is 2. The molecule has 0 atom stereocenters. The number of carbonyl (C=O) groups excluding carboxylic acids is 1. The van der Waals surface area contributed by atoms with Crippen molar-refractivity contribution in [3.8, 4) is 0 Å². The van der Waals surface area contributed by atoms with Crippen LogP contribution in [0.5, 0.6) is 0 Å². The van der Waals surface area contributed by atoms with Gasteiger partial charge in [0.05, 0.1) is 11.4 Å². The van der Waals surface area contributed by atoms with Gasteiger partial charge in [0.15, 0.2) is 5.17 Å². The number of amides is 1. The first-order valence-corrected chi connectivity index (χ1v) is 9.16. The van der Waals surface area contributed by atoms with Crippen LogP contribution in [0.4, 0.5) is 11.4 Å². The molecule has 8 heteroatoms. The van der Waals surface area contributed by atoms with Gasteiger partial charge in [-0.3, -0.25) is 4.79 Å². The van der Waals surface area contributed by atoms with E-state index in [0.29, 0.717) is 11.4 Å². The third kappa shape index (κ3) is 3.72. The lowest BCUT2D eigenvalue weighted by Crippen LogP contribution is -2.22. The van der Waals surface area contributed by atoms with Gasteiger partial charge in [0.1, 0.15) is 4.90 Å². The zero-order valence-electron chi connectivity index (χ0n) is 11.9. The molecule has 0 aromatic heterocycles. The molecule has 1 aliphatic heterocycles. The number of anilines is 2. The highest BCUT2D eigenvalue weighted by molar-refractivity contribution is 8.15. The summed E-state index contributed by atoms with van der Waals surface area (Å²) in [5.74, 6) is -0.180. The smallest absolute Gasteiger partial charge is 0.286 e. The monoisotopic (exact) mass is 347 g/mol. The second-order valence-electron chi connectivity index (χ2n) is 4.70. The Bertz CT molecular complexity index is 865. The minimum absolute atomic E-state index is 0.0540. The molecule has 118 valence electrons. The average Bonchev–Trinajstić information content (AvgIpc) is 2.53. The lowest BCUT2D eigenvalue weighted by molar-refractivity contribution is -0.113. The molecule has 0 radical (unpaired) electrons. The Morgan fingerprint density at radius 3 is 2.57 bits per heavy atom. The summed E-state index contributed by atoms with van der Waals surface area (Å²) in [6.07, 6.45) is 0. The molecule has 0 spiro atoms. The van der Waals surface area contributed by atoms with Gasteiger partial charge in [0.25, 0.3) is 10.0 Å². The third-order valence-corrected chi connectivity index (χ3v) is 5.33. The molecule has 1 heterocycles. The van der Waals surface area contributed by atoms with Crippen molar-refractivity contribution in [2.75, 3.05) is 16.4 Å². The van der Waals surface area contributed by atoms with Gasteiger partial charge in [0, 0.05) is 5.69 Å². The lowest BCUT2D eigenvalue weighted by Gasteiger charge is -2.17. The van der Waals surface area contributed by atoms with E-state index in [9.17, 15) is 13.2 Å². The number of hydrogen-bond donors (Lipinski definition) is 2. The van der Waals surface area contributed by atoms with E-state index in [0.717, 1.165) is 11.8 Å². The highest BCUT2D eigenvalue weighted by atomic mass is 32.2. The van der Waals surface area contributed by atoms with Crippen LogP contribution in [0, 0.1) is 0 Å². The minimum atomic E-state index is -3.73. The van der Waals surface area contributed by atoms with Gasteiger partial charge in [-0.25, -0.2) is 0 Å².